The highest BCUT2D eigenvalue weighted by Gasteiger charge is 2.12. The van der Waals surface area contributed by atoms with Crippen LogP contribution < -0.4 is 5.32 Å². The molecule has 0 aliphatic heterocycles. The van der Waals surface area contributed by atoms with Crippen molar-refractivity contribution < 1.29 is 15.0 Å². The molecule has 17 heavy (non-hydrogen) atoms. The zero-order chi connectivity index (χ0) is 13.0. The number of carboxylic acid groups (broad SMARTS) is 1. The number of carbonyl (C=O) groups is 1. The predicted molar refractivity (Wildman–Crippen MR) is 68.6 cm³/mol. The molecule has 1 aromatic rings. The number of aliphatic hydroxyl groups excluding tert-OH is 1. The molecule has 7 heteroatoms. The lowest BCUT2D eigenvalue weighted by Crippen LogP contribution is -2.21. The first-order chi connectivity index (χ1) is 7.95. The van der Waals surface area contributed by atoms with E-state index in [-0.39, 0.29) is 28.0 Å². The number of carboxylic acids is 1. The van der Waals surface area contributed by atoms with Gasteiger partial charge in [-0.1, -0.05) is 23.2 Å². The van der Waals surface area contributed by atoms with Crippen molar-refractivity contribution in [3.63, 3.8) is 0 Å². The predicted octanol–water partition coefficient (Wildman–Crippen LogP) is 2.70. The van der Waals surface area contributed by atoms with Crippen LogP contribution in [0.25, 0.3) is 0 Å². The summed E-state index contributed by atoms with van der Waals surface area (Å²) < 4.78 is 0. The van der Waals surface area contributed by atoms with Crippen LogP contribution in [0.4, 0.5) is 5.69 Å². The molecule has 1 aromatic carbocycles. The summed E-state index contributed by atoms with van der Waals surface area (Å²) in [6.45, 7) is 0.155. The first-order valence-electron chi connectivity index (χ1n) is 4.66. The number of aromatic carboxylic acids is 1. The Kier molecular flexibility index (Phi) is 5.33. The fourth-order valence-corrected chi connectivity index (χ4v) is 1.63. The molecule has 0 spiro atoms. The van der Waals surface area contributed by atoms with Crippen LogP contribution in [-0.4, -0.2) is 34.7 Å². The van der Waals surface area contributed by atoms with E-state index in [9.17, 15) is 9.90 Å². The quantitative estimate of drug-likeness (QED) is 0.731. The Morgan fingerprint density at radius 3 is 2.59 bits per heavy atom. The third kappa shape index (κ3) is 3.92. The van der Waals surface area contributed by atoms with Crippen LogP contribution in [0.1, 0.15) is 10.4 Å². The topological polar surface area (TPSA) is 69.6 Å². The Hall–Kier alpha value is -0.680. The van der Waals surface area contributed by atoms with Crippen molar-refractivity contribution in [3.8, 4) is 0 Å². The fourth-order valence-electron chi connectivity index (χ4n) is 1.12. The van der Waals surface area contributed by atoms with Crippen molar-refractivity contribution in [2.45, 2.75) is 6.10 Å². The van der Waals surface area contributed by atoms with Gasteiger partial charge in [-0.2, -0.15) is 0 Å². The molecule has 0 saturated heterocycles. The molecule has 0 aliphatic rings. The Balaban J connectivity index is 2.93. The molecule has 0 bridgehead atoms. The van der Waals surface area contributed by atoms with Crippen LogP contribution in [0.5, 0.6) is 0 Å². The van der Waals surface area contributed by atoms with Crippen LogP contribution in [0.15, 0.2) is 12.1 Å². The van der Waals surface area contributed by atoms with Gasteiger partial charge in [-0.3, -0.25) is 0 Å². The Labute approximate surface area is 113 Å². The second-order valence-corrected chi connectivity index (χ2v) is 4.41. The number of rotatable bonds is 5. The second kappa shape index (κ2) is 6.31. The maximum Gasteiger partial charge on any atom is 0.335 e. The zero-order valence-corrected chi connectivity index (χ0v) is 10.9. The van der Waals surface area contributed by atoms with E-state index < -0.39 is 12.1 Å². The van der Waals surface area contributed by atoms with E-state index in [1.165, 1.54) is 12.1 Å². The van der Waals surface area contributed by atoms with E-state index >= 15 is 0 Å². The second-order valence-electron chi connectivity index (χ2n) is 3.31. The van der Waals surface area contributed by atoms with Crippen molar-refractivity contribution >= 4 is 46.5 Å². The van der Waals surface area contributed by atoms with Crippen LogP contribution in [0.2, 0.25) is 10.0 Å². The van der Waals surface area contributed by atoms with Crippen molar-refractivity contribution in [1.29, 1.82) is 0 Å². The van der Waals surface area contributed by atoms with Gasteiger partial charge in [-0.15, -0.1) is 11.6 Å². The number of alkyl halides is 1. The third-order valence-corrected chi connectivity index (χ3v) is 3.14. The first kappa shape index (κ1) is 14.4. The number of hydrogen-bond donors (Lipinski definition) is 3. The third-order valence-electron chi connectivity index (χ3n) is 1.98. The van der Waals surface area contributed by atoms with Gasteiger partial charge in [0, 0.05) is 6.54 Å². The molecular formula is C10H10Cl3NO3. The summed E-state index contributed by atoms with van der Waals surface area (Å²) in [5.74, 6) is -1.04. The smallest absolute Gasteiger partial charge is 0.335 e. The van der Waals surface area contributed by atoms with Crippen molar-refractivity contribution in [2.24, 2.45) is 0 Å². The minimum Gasteiger partial charge on any atom is -0.478 e. The lowest BCUT2D eigenvalue weighted by Gasteiger charge is -2.13. The average Bonchev–Trinajstić information content (AvgIpc) is 2.30. The monoisotopic (exact) mass is 297 g/mol. The number of benzene rings is 1. The van der Waals surface area contributed by atoms with Crippen molar-refractivity contribution in [1.82, 2.24) is 0 Å². The SMILES string of the molecule is O=C(O)c1cc(Cl)c(Cl)c(NCC(O)CCl)c1. The van der Waals surface area contributed by atoms with E-state index in [1.54, 1.807) is 0 Å². The maximum absolute atomic E-state index is 10.8. The van der Waals surface area contributed by atoms with Gasteiger partial charge in [0.1, 0.15) is 0 Å². The number of anilines is 1. The highest BCUT2D eigenvalue weighted by molar-refractivity contribution is 6.44. The number of aliphatic hydroxyl groups is 1. The standard InChI is InChI=1S/C10H10Cl3NO3/c11-3-6(15)4-14-8-2-5(10(16)17)1-7(12)9(8)13/h1-2,6,14-15H,3-4H2,(H,16,17). The fraction of sp³-hybridized carbons (Fsp3) is 0.300. The summed E-state index contributed by atoms with van der Waals surface area (Å²) in [5.41, 5.74) is 0.364. The molecular weight excluding hydrogens is 288 g/mol. The Morgan fingerprint density at radius 2 is 2.06 bits per heavy atom. The summed E-state index contributed by atoms with van der Waals surface area (Å²) in [5, 5.41) is 21.2. The van der Waals surface area contributed by atoms with E-state index in [1.807, 2.05) is 0 Å². The van der Waals surface area contributed by atoms with Gasteiger partial charge in [-0.05, 0) is 12.1 Å². The summed E-state index contributed by atoms with van der Waals surface area (Å²) >= 11 is 17.1. The minimum atomic E-state index is -1.11. The molecule has 1 unspecified atom stereocenters. The lowest BCUT2D eigenvalue weighted by molar-refractivity contribution is 0.0697. The van der Waals surface area contributed by atoms with Crippen LogP contribution in [0.3, 0.4) is 0 Å². The minimum absolute atomic E-state index is 0.0160. The van der Waals surface area contributed by atoms with Gasteiger partial charge < -0.3 is 15.5 Å². The molecule has 0 saturated carbocycles. The average molecular weight is 299 g/mol. The molecule has 0 aliphatic carbocycles. The van der Waals surface area contributed by atoms with Crippen LogP contribution in [0, 0.1) is 0 Å². The molecule has 0 amide bonds. The number of halogens is 3. The van der Waals surface area contributed by atoms with Gasteiger partial charge >= 0.3 is 5.97 Å². The molecule has 1 atom stereocenters. The lowest BCUT2D eigenvalue weighted by atomic mass is 10.2. The molecule has 0 aromatic heterocycles. The number of nitrogens with one attached hydrogen (secondary N) is 1. The molecule has 4 nitrogen and oxygen atoms in total. The summed E-state index contributed by atoms with van der Waals surface area (Å²) in [6, 6.07) is 2.60. The van der Waals surface area contributed by atoms with E-state index in [2.05, 4.69) is 5.32 Å². The van der Waals surface area contributed by atoms with Gasteiger partial charge in [0.15, 0.2) is 0 Å². The molecule has 0 fully saturated rings. The molecule has 0 heterocycles. The van der Waals surface area contributed by atoms with Gasteiger partial charge in [-0.25, -0.2) is 4.79 Å². The molecule has 94 valence electrons. The summed E-state index contributed by atoms with van der Waals surface area (Å²) in [7, 11) is 0. The first-order valence-corrected chi connectivity index (χ1v) is 5.95. The van der Waals surface area contributed by atoms with Gasteiger partial charge in [0.05, 0.1) is 33.3 Å². The van der Waals surface area contributed by atoms with Crippen molar-refractivity contribution in [3.05, 3.63) is 27.7 Å². The molecule has 0 radical (unpaired) electrons. The van der Waals surface area contributed by atoms with E-state index in [0.29, 0.717) is 5.69 Å². The van der Waals surface area contributed by atoms with Gasteiger partial charge in [0.25, 0.3) is 0 Å². The van der Waals surface area contributed by atoms with Crippen molar-refractivity contribution in [2.75, 3.05) is 17.7 Å². The maximum atomic E-state index is 10.8. The van der Waals surface area contributed by atoms with Gasteiger partial charge in [0.2, 0.25) is 0 Å². The Morgan fingerprint density at radius 1 is 1.41 bits per heavy atom. The normalized spacial score (nSPS) is 12.2. The number of hydrogen-bond acceptors (Lipinski definition) is 3. The summed E-state index contributed by atoms with van der Waals surface area (Å²) in [4.78, 5) is 10.8. The summed E-state index contributed by atoms with van der Waals surface area (Å²) in [6.07, 6.45) is -0.750. The highest BCUT2D eigenvalue weighted by Crippen LogP contribution is 2.31. The van der Waals surface area contributed by atoms with E-state index in [4.69, 9.17) is 39.9 Å². The zero-order valence-electron chi connectivity index (χ0n) is 8.58. The Bertz CT molecular complexity index is 426. The van der Waals surface area contributed by atoms with E-state index in [0.717, 1.165) is 0 Å². The van der Waals surface area contributed by atoms with Crippen LogP contribution in [-0.2, 0) is 0 Å². The molecule has 3 N–H and O–H groups in total. The highest BCUT2D eigenvalue weighted by atomic mass is 35.5. The van der Waals surface area contributed by atoms with Crippen LogP contribution >= 0.6 is 34.8 Å². The molecule has 1 rings (SSSR count). The largest absolute Gasteiger partial charge is 0.478 e.